The minimum absolute atomic E-state index is 0.106. The molecule has 0 spiro atoms. The van der Waals surface area contributed by atoms with Crippen LogP contribution in [0.3, 0.4) is 0 Å². The fourth-order valence-corrected chi connectivity index (χ4v) is 3.22. The van der Waals surface area contributed by atoms with Crippen LogP contribution in [0.5, 0.6) is 0 Å². The molecule has 0 bridgehead atoms. The highest BCUT2D eigenvalue weighted by molar-refractivity contribution is 5.93. The van der Waals surface area contributed by atoms with Gasteiger partial charge in [-0.25, -0.2) is 15.0 Å². The van der Waals surface area contributed by atoms with Crippen LogP contribution in [-0.2, 0) is 4.74 Å². The van der Waals surface area contributed by atoms with E-state index in [4.69, 9.17) is 14.2 Å². The number of carbonyl (C=O) groups is 1. The standard InChI is InChI=1S/C19H19N5O3/c1-12-18(13(2)27-23-12)16-5-3-4-15(22-16)17-10-24(6-7-26-17)19(25)14-8-20-11-21-9-14/h3-5,8-9,11,17H,6-7,10H2,1-2H3/t17-/m0/s1. The van der Waals surface area contributed by atoms with E-state index in [-0.39, 0.29) is 12.0 Å². The Bertz CT molecular complexity index is 937. The van der Waals surface area contributed by atoms with E-state index < -0.39 is 0 Å². The molecule has 8 heteroatoms. The van der Waals surface area contributed by atoms with Crippen LogP contribution in [0.2, 0.25) is 0 Å². The van der Waals surface area contributed by atoms with Gasteiger partial charge >= 0.3 is 0 Å². The summed E-state index contributed by atoms with van der Waals surface area (Å²) in [5.74, 6) is 0.619. The highest BCUT2D eigenvalue weighted by Gasteiger charge is 2.27. The fraction of sp³-hybridized carbons (Fsp3) is 0.316. The van der Waals surface area contributed by atoms with E-state index >= 15 is 0 Å². The number of rotatable bonds is 3. The van der Waals surface area contributed by atoms with E-state index in [9.17, 15) is 4.79 Å². The molecule has 3 aromatic rings. The molecule has 8 nitrogen and oxygen atoms in total. The second-order valence-electron chi connectivity index (χ2n) is 6.38. The molecule has 1 atom stereocenters. The van der Waals surface area contributed by atoms with Gasteiger partial charge in [-0.1, -0.05) is 11.2 Å². The van der Waals surface area contributed by atoms with E-state index in [2.05, 4.69) is 15.1 Å². The van der Waals surface area contributed by atoms with Gasteiger partial charge in [0.1, 0.15) is 18.2 Å². The third-order valence-electron chi connectivity index (χ3n) is 4.55. The summed E-state index contributed by atoms with van der Waals surface area (Å²) in [6, 6.07) is 5.76. The molecule has 0 N–H and O–H groups in total. The fourth-order valence-electron chi connectivity index (χ4n) is 3.22. The normalized spacial score (nSPS) is 17.1. The minimum atomic E-state index is -0.298. The van der Waals surface area contributed by atoms with Crippen LogP contribution in [-0.4, -0.2) is 50.6 Å². The van der Waals surface area contributed by atoms with Crippen LogP contribution in [0.15, 0.2) is 41.4 Å². The lowest BCUT2D eigenvalue weighted by molar-refractivity contribution is -0.0247. The Morgan fingerprint density at radius 3 is 2.78 bits per heavy atom. The molecule has 0 unspecified atom stereocenters. The molecule has 4 rings (SSSR count). The number of morpholine rings is 1. The van der Waals surface area contributed by atoms with E-state index in [1.807, 2.05) is 32.0 Å². The van der Waals surface area contributed by atoms with Gasteiger partial charge in [-0.3, -0.25) is 4.79 Å². The molecule has 1 saturated heterocycles. The van der Waals surface area contributed by atoms with Crippen molar-refractivity contribution in [2.75, 3.05) is 19.7 Å². The molecular formula is C19H19N5O3. The van der Waals surface area contributed by atoms with Crippen LogP contribution >= 0.6 is 0 Å². The van der Waals surface area contributed by atoms with E-state index in [1.165, 1.54) is 18.7 Å². The van der Waals surface area contributed by atoms with E-state index in [0.717, 1.165) is 28.4 Å². The average molecular weight is 365 g/mol. The maximum atomic E-state index is 12.7. The number of pyridine rings is 1. The predicted molar refractivity (Wildman–Crippen MR) is 95.8 cm³/mol. The molecule has 138 valence electrons. The lowest BCUT2D eigenvalue weighted by Crippen LogP contribution is -2.42. The first-order chi connectivity index (χ1) is 13.1. The van der Waals surface area contributed by atoms with Crippen LogP contribution in [0.1, 0.15) is 33.6 Å². The van der Waals surface area contributed by atoms with Gasteiger partial charge in [0.25, 0.3) is 5.91 Å². The number of nitrogens with zero attached hydrogens (tertiary/aromatic N) is 5. The van der Waals surface area contributed by atoms with Crippen LogP contribution in [0, 0.1) is 13.8 Å². The second-order valence-corrected chi connectivity index (χ2v) is 6.38. The van der Waals surface area contributed by atoms with Gasteiger partial charge in [-0.15, -0.1) is 0 Å². The monoisotopic (exact) mass is 365 g/mol. The third kappa shape index (κ3) is 3.43. The molecular weight excluding hydrogens is 346 g/mol. The Morgan fingerprint density at radius 2 is 2.04 bits per heavy atom. The zero-order valence-corrected chi connectivity index (χ0v) is 15.1. The van der Waals surface area contributed by atoms with Crippen molar-refractivity contribution >= 4 is 5.91 Å². The van der Waals surface area contributed by atoms with Gasteiger partial charge in [0, 0.05) is 18.9 Å². The van der Waals surface area contributed by atoms with Crippen molar-refractivity contribution in [1.29, 1.82) is 0 Å². The largest absolute Gasteiger partial charge is 0.368 e. The first kappa shape index (κ1) is 17.3. The van der Waals surface area contributed by atoms with E-state index in [1.54, 1.807) is 4.90 Å². The summed E-state index contributed by atoms with van der Waals surface area (Å²) in [5, 5.41) is 3.99. The van der Waals surface area contributed by atoms with Gasteiger partial charge in [0.05, 0.1) is 41.4 Å². The zero-order chi connectivity index (χ0) is 18.8. The molecule has 1 aliphatic heterocycles. The van der Waals surface area contributed by atoms with Crippen molar-refractivity contribution in [2.24, 2.45) is 0 Å². The molecule has 0 saturated carbocycles. The first-order valence-corrected chi connectivity index (χ1v) is 8.69. The molecule has 4 heterocycles. The minimum Gasteiger partial charge on any atom is -0.368 e. The summed E-state index contributed by atoms with van der Waals surface area (Å²) in [7, 11) is 0. The van der Waals surface area contributed by atoms with Crippen molar-refractivity contribution in [3.63, 3.8) is 0 Å². The van der Waals surface area contributed by atoms with Gasteiger partial charge in [0.2, 0.25) is 0 Å². The number of aromatic nitrogens is 4. The number of hydrogen-bond donors (Lipinski definition) is 0. The third-order valence-corrected chi connectivity index (χ3v) is 4.55. The Hall–Kier alpha value is -3.13. The first-order valence-electron chi connectivity index (χ1n) is 8.69. The Morgan fingerprint density at radius 1 is 1.22 bits per heavy atom. The quantitative estimate of drug-likeness (QED) is 0.703. The highest BCUT2D eigenvalue weighted by atomic mass is 16.5. The highest BCUT2D eigenvalue weighted by Crippen LogP contribution is 2.28. The summed E-state index contributed by atoms with van der Waals surface area (Å²) in [4.78, 5) is 27.0. The summed E-state index contributed by atoms with van der Waals surface area (Å²) < 4.78 is 11.1. The predicted octanol–water partition coefficient (Wildman–Crippen LogP) is 2.36. The second kappa shape index (κ2) is 7.24. The molecule has 27 heavy (non-hydrogen) atoms. The number of carbonyl (C=O) groups excluding carboxylic acids is 1. The van der Waals surface area contributed by atoms with Crippen molar-refractivity contribution in [3.8, 4) is 11.3 Å². The molecule has 1 amide bonds. The SMILES string of the molecule is Cc1noc(C)c1-c1cccc([C@@H]2CN(C(=O)c3cncnc3)CCO2)n1. The number of ether oxygens (including phenoxy) is 1. The lowest BCUT2D eigenvalue weighted by Gasteiger charge is -2.32. The van der Waals surface area contributed by atoms with Gasteiger partial charge in [-0.05, 0) is 26.0 Å². The van der Waals surface area contributed by atoms with Crippen LogP contribution < -0.4 is 0 Å². The zero-order valence-electron chi connectivity index (χ0n) is 15.1. The molecule has 1 aliphatic rings. The van der Waals surface area contributed by atoms with E-state index in [0.29, 0.717) is 25.3 Å². The molecule has 3 aromatic heterocycles. The maximum absolute atomic E-state index is 12.7. The summed E-state index contributed by atoms with van der Waals surface area (Å²) >= 11 is 0. The van der Waals surface area contributed by atoms with Crippen LogP contribution in [0.4, 0.5) is 0 Å². The number of aryl methyl sites for hydroxylation is 2. The van der Waals surface area contributed by atoms with Crippen molar-refractivity contribution < 1.29 is 14.1 Å². The summed E-state index contributed by atoms with van der Waals surface area (Å²) in [5.41, 5.74) is 3.71. The van der Waals surface area contributed by atoms with Gasteiger partial charge in [0.15, 0.2) is 0 Å². The molecule has 0 radical (unpaired) electrons. The van der Waals surface area contributed by atoms with Gasteiger partial charge in [-0.2, -0.15) is 0 Å². The summed E-state index contributed by atoms with van der Waals surface area (Å²) in [6.45, 7) is 5.14. The Kier molecular flexibility index (Phi) is 4.64. The smallest absolute Gasteiger partial charge is 0.257 e. The Balaban J connectivity index is 1.57. The lowest BCUT2D eigenvalue weighted by atomic mass is 10.1. The average Bonchev–Trinajstić information content (AvgIpc) is 3.06. The topological polar surface area (TPSA) is 94.2 Å². The summed E-state index contributed by atoms with van der Waals surface area (Å²) in [6.07, 6.45) is 4.16. The van der Waals surface area contributed by atoms with Crippen molar-refractivity contribution in [1.82, 2.24) is 25.0 Å². The van der Waals surface area contributed by atoms with Crippen LogP contribution in [0.25, 0.3) is 11.3 Å². The molecule has 0 aromatic carbocycles. The number of hydrogen-bond acceptors (Lipinski definition) is 7. The van der Waals surface area contributed by atoms with Crippen molar-refractivity contribution in [3.05, 3.63) is 59.6 Å². The van der Waals surface area contributed by atoms with Crippen molar-refractivity contribution in [2.45, 2.75) is 20.0 Å². The number of amides is 1. The Labute approximate surface area is 156 Å². The molecule has 1 fully saturated rings. The maximum Gasteiger partial charge on any atom is 0.257 e. The molecule has 0 aliphatic carbocycles. The van der Waals surface area contributed by atoms with Gasteiger partial charge < -0.3 is 14.2 Å².